The molecule has 0 amide bonds. The third-order valence-corrected chi connectivity index (χ3v) is 10.4. The summed E-state index contributed by atoms with van der Waals surface area (Å²) in [7, 11) is 0. The van der Waals surface area contributed by atoms with Crippen LogP contribution in [-0.2, 0) is 16.0 Å². The van der Waals surface area contributed by atoms with Crippen LogP contribution >= 0.6 is 0 Å². The number of hydrogen-bond acceptors (Lipinski definition) is 10. The summed E-state index contributed by atoms with van der Waals surface area (Å²) in [6.07, 6.45) is 6.63. The van der Waals surface area contributed by atoms with Crippen molar-refractivity contribution in [2.24, 2.45) is 0 Å². The number of anilines is 1. The summed E-state index contributed by atoms with van der Waals surface area (Å²) < 4.78 is 43.4. The zero-order valence-corrected chi connectivity index (χ0v) is 25.8. The number of benzene rings is 1. The fourth-order valence-corrected chi connectivity index (χ4v) is 8.12. The molecular formula is C33H37F2N7O4. The molecule has 0 spiro atoms. The van der Waals surface area contributed by atoms with E-state index < -0.39 is 29.1 Å². The molecule has 242 valence electrons. The summed E-state index contributed by atoms with van der Waals surface area (Å²) in [5, 5.41) is 19.8. The van der Waals surface area contributed by atoms with Crippen molar-refractivity contribution >= 4 is 33.6 Å². The molecule has 8 heterocycles. The van der Waals surface area contributed by atoms with E-state index in [9.17, 15) is 14.3 Å². The van der Waals surface area contributed by atoms with Crippen LogP contribution in [0, 0.1) is 12.7 Å². The van der Waals surface area contributed by atoms with Gasteiger partial charge in [-0.1, -0.05) is 0 Å². The second-order valence-corrected chi connectivity index (χ2v) is 13.5. The number of aliphatic hydroxyl groups is 1. The second-order valence-electron chi connectivity index (χ2n) is 13.5. The molecule has 3 aromatic heterocycles. The van der Waals surface area contributed by atoms with Gasteiger partial charge in [-0.25, -0.2) is 8.78 Å². The molecule has 1 unspecified atom stereocenters. The number of aromatic amines is 1. The Labute approximate surface area is 264 Å². The minimum Gasteiger partial charge on any atom is -0.463 e. The van der Waals surface area contributed by atoms with Gasteiger partial charge in [-0.2, -0.15) is 15.1 Å². The lowest BCUT2D eigenvalue weighted by Gasteiger charge is -2.39. The highest BCUT2D eigenvalue weighted by molar-refractivity contribution is 5.99. The molecule has 13 heteroatoms. The minimum atomic E-state index is -1.31. The largest absolute Gasteiger partial charge is 0.463 e. The number of rotatable bonds is 3. The Hall–Kier alpha value is -3.97. The number of carbonyl (C=O) groups excluding carboxylic acids is 1. The van der Waals surface area contributed by atoms with E-state index in [2.05, 4.69) is 25.1 Å². The van der Waals surface area contributed by atoms with Gasteiger partial charge in [0.25, 0.3) is 0 Å². The number of piperidine rings is 1. The minimum absolute atomic E-state index is 0.0123. The highest BCUT2D eigenvalue weighted by atomic mass is 19.1. The van der Waals surface area contributed by atoms with Crippen molar-refractivity contribution in [2.45, 2.75) is 75.6 Å². The summed E-state index contributed by atoms with van der Waals surface area (Å²) in [6.45, 7) is 3.83. The van der Waals surface area contributed by atoms with Crippen LogP contribution in [0.3, 0.4) is 0 Å². The van der Waals surface area contributed by atoms with Crippen molar-refractivity contribution in [3.8, 4) is 17.3 Å². The number of H-pyrrole nitrogens is 1. The van der Waals surface area contributed by atoms with Crippen molar-refractivity contribution in [2.75, 3.05) is 44.3 Å². The van der Waals surface area contributed by atoms with Crippen molar-refractivity contribution in [1.82, 2.24) is 30.0 Å². The Morgan fingerprint density at radius 2 is 2.02 bits per heavy atom. The van der Waals surface area contributed by atoms with Crippen molar-refractivity contribution in [3.63, 3.8) is 0 Å². The maximum absolute atomic E-state index is 17.0. The van der Waals surface area contributed by atoms with Crippen LogP contribution in [-0.4, -0.2) is 97.8 Å². The molecule has 0 saturated carbocycles. The van der Waals surface area contributed by atoms with Gasteiger partial charge in [0.05, 0.1) is 29.2 Å². The SMILES string of the molecule is Cc1cc2[nH]ncc2c2c1CCCC(=O)OCC1(O)CCCN(C1)c1nc(OC[C@@]34CCCN3C[C@H](F)C4)nc3c(F)c-2ncc13. The molecule has 1 aromatic carbocycles. The van der Waals surface area contributed by atoms with Crippen LogP contribution in [0.4, 0.5) is 14.6 Å². The number of nitrogens with zero attached hydrogens (tertiary/aromatic N) is 6. The number of ether oxygens (including phenoxy) is 2. The monoisotopic (exact) mass is 633 g/mol. The van der Waals surface area contributed by atoms with Gasteiger partial charge in [-0.15, -0.1) is 0 Å². The van der Waals surface area contributed by atoms with Gasteiger partial charge >= 0.3 is 12.0 Å². The average Bonchev–Trinajstić information content (AvgIpc) is 3.73. The molecule has 3 saturated heterocycles. The highest BCUT2D eigenvalue weighted by Gasteiger charge is 2.49. The Morgan fingerprint density at radius 3 is 2.91 bits per heavy atom. The standard InChI is InChI=1S/C33H37F2N7O4/c1-19-11-24-22(14-37-40-24)26-21(19)5-2-6-25(43)45-18-33(44)8-4-9-41(16-33)30-23-13-36-29(26)27(35)28(23)38-31(39-30)46-17-32-7-3-10-42(32)15-20(34)12-32/h11,13-14,20,44H,2-10,12,15-18H2,1H3,(H,37,40)/t20-,32+,33?/m1/s1. The number of aryl methyl sites for hydroxylation is 1. The summed E-state index contributed by atoms with van der Waals surface area (Å²) in [5.41, 5.74) is 1.53. The van der Waals surface area contributed by atoms with E-state index in [1.165, 1.54) is 0 Å². The number of carbonyl (C=O) groups is 1. The quantitative estimate of drug-likeness (QED) is 0.317. The number of nitrogens with one attached hydrogen (secondary N) is 1. The van der Waals surface area contributed by atoms with Crippen molar-refractivity contribution in [1.29, 1.82) is 0 Å². The van der Waals surface area contributed by atoms with Crippen LogP contribution in [0.2, 0.25) is 0 Å². The van der Waals surface area contributed by atoms with E-state index in [1.807, 2.05) is 17.9 Å². The number of hydrogen-bond donors (Lipinski definition) is 2. The fourth-order valence-electron chi connectivity index (χ4n) is 8.12. The van der Waals surface area contributed by atoms with E-state index in [4.69, 9.17) is 14.5 Å². The van der Waals surface area contributed by atoms with Gasteiger partial charge in [-0.05, 0) is 69.2 Å². The Kier molecular flexibility index (Phi) is 7.09. The first-order valence-corrected chi connectivity index (χ1v) is 16.2. The van der Waals surface area contributed by atoms with Crippen molar-refractivity contribution in [3.05, 3.63) is 35.4 Å². The van der Waals surface area contributed by atoms with E-state index in [-0.39, 0.29) is 43.4 Å². The summed E-state index contributed by atoms with van der Waals surface area (Å²) in [6, 6.07) is 1.95. The van der Waals surface area contributed by atoms with Gasteiger partial charge in [0.2, 0.25) is 0 Å². The van der Waals surface area contributed by atoms with Gasteiger partial charge in [0, 0.05) is 43.1 Å². The van der Waals surface area contributed by atoms with Gasteiger partial charge in [0.15, 0.2) is 5.82 Å². The zero-order valence-electron chi connectivity index (χ0n) is 25.8. The van der Waals surface area contributed by atoms with Gasteiger partial charge in [0.1, 0.15) is 42.0 Å². The first-order chi connectivity index (χ1) is 22.2. The number of halogens is 2. The number of aromatic nitrogens is 5. The first kappa shape index (κ1) is 29.4. The lowest BCUT2D eigenvalue weighted by atomic mass is 9.91. The first-order valence-electron chi connectivity index (χ1n) is 16.2. The Bertz CT molecular complexity index is 1850. The maximum atomic E-state index is 17.0. The second kappa shape index (κ2) is 11.1. The predicted molar refractivity (Wildman–Crippen MR) is 166 cm³/mol. The topological polar surface area (TPSA) is 130 Å². The molecule has 9 rings (SSSR count). The third kappa shape index (κ3) is 4.95. The molecule has 5 aliphatic heterocycles. The van der Waals surface area contributed by atoms with Crippen molar-refractivity contribution < 1.29 is 28.2 Å². The molecule has 46 heavy (non-hydrogen) atoms. The van der Waals surface area contributed by atoms with E-state index >= 15 is 4.39 Å². The number of fused-ring (bicyclic) bond motifs is 8. The molecule has 11 nitrogen and oxygen atoms in total. The average molecular weight is 634 g/mol. The lowest BCUT2D eigenvalue weighted by molar-refractivity contribution is -0.152. The lowest BCUT2D eigenvalue weighted by Crippen LogP contribution is -2.51. The molecule has 2 N–H and O–H groups in total. The zero-order chi connectivity index (χ0) is 31.6. The molecule has 4 aromatic rings. The molecule has 3 atom stereocenters. The van der Waals surface area contributed by atoms with Gasteiger partial charge < -0.3 is 19.5 Å². The number of pyridine rings is 1. The van der Waals surface area contributed by atoms with E-state index in [0.29, 0.717) is 67.3 Å². The Morgan fingerprint density at radius 1 is 1.15 bits per heavy atom. The van der Waals surface area contributed by atoms with Crippen LogP contribution in [0.5, 0.6) is 6.01 Å². The number of esters is 1. The highest BCUT2D eigenvalue weighted by Crippen LogP contribution is 2.42. The third-order valence-electron chi connectivity index (χ3n) is 10.4. The van der Waals surface area contributed by atoms with E-state index in [1.54, 1.807) is 12.4 Å². The maximum Gasteiger partial charge on any atom is 0.319 e. The Balaban J connectivity index is 1.30. The molecule has 0 radical (unpaired) electrons. The molecule has 6 bridgehead atoms. The summed E-state index contributed by atoms with van der Waals surface area (Å²) >= 11 is 0. The normalized spacial score (nSPS) is 27.0. The van der Waals surface area contributed by atoms with Crippen LogP contribution in [0.25, 0.3) is 33.1 Å². The fraction of sp³-hybridized carbons (Fsp3) is 0.545. The van der Waals surface area contributed by atoms with Crippen LogP contribution in [0.15, 0.2) is 18.5 Å². The van der Waals surface area contributed by atoms with Crippen LogP contribution in [0.1, 0.15) is 56.1 Å². The molecule has 3 fully saturated rings. The predicted octanol–water partition coefficient (Wildman–Crippen LogP) is 4.18. The van der Waals surface area contributed by atoms with Crippen LogP contribution < -0.4 is 9.64 Å². The smallest absolute Gasteiger partial charge is 0.319 e. The van der Waals surface area contributed by atoms with Gasteiger partial charge in [-0.3, -0.25) is 19.8 Å². The van der Waals surface area contributed by atoms with E-state index in [0.717, 1.165) is 36.0 Å². The summed E-state index contributed by atoms with van der Waals surface area (Å²) in [5.74, 6) is -0.635. The molecule has 0 aliphatic carbocycles. The number of alkyl halides is 1. The molecule has 5 aliphatic rings. The summed E-state index contributed by atoms with van der Waals surface area (Å²) in [4.78, 5) is 30.8. The molecular weight excluding hydrogens is 596 g/mol.